The quantitative estimate of drug-likeness (QED) is 0.501. The van der Waals surface area contributed by atoms with Crippen molar-refractivity contribution in [2.24, 2.45) is 11.8 Å². The first kappa shape index (κ1) is 23.4. The lowest BCUT2D eigenvalue weighted by molar-refractivity contribution is 0.0296. The van der Waals surface area contributed by atoms with Crippen LogP contribution in [0.15, 0.2) is 42.5 Å². The first-order valence-corrected chi connectivity index (χ1v) is 14.4. The Labute approximate surface area is 211 Å². The van der Waals surface area contributed by atoms with Gasteiger partial charge in [-0.2, -0.15) is 0 Å². The SMILES string of the molecule is CC.Cc1ccc2c(c1)CCC1C2C(Oc2ccc(NN3CCCCC3)cc2)CC23NC2CCC13. The predicted octanol–water partition coefficient (Wildman–Crippen LogP) is 6.45. The fraction of sp³-hybridized carbons (Fsp3) is 0.613. The van der Waals surface area contributed by atoms with E-state index in [4.69, 9.17) is 4.74 Å². The maximum Gasteiger partial charge on any atom is 0.119 e. The largest absolute Gasteiger partial charge is 0.490 e. The van der Waals surface area contributed by atoms with Crippen LogP contribution < -0.4 is 15.5 Å². The molecule has 2 saturated carbocycles. The van der Waals surface area contributed by atoms with Crippen LogP contribution in [0, 0.1) is 18.8 Å². The topological polar surface area (TPSA) is 46.4 Å². The normalized spacial score (nSPS) is 34.9. The van der Waals surface area contributed by atoms with Crippen molar-refractivity contribution >= 4 is 5.69 Å². The molecular weight excluding hydrogens is 430 g/mol. The van der Waals surface area contributed by atoms with E-state index in [0.717, 1.165) is 43.1 Å². The molecule has 4 heteroatoms. The van der Waals surface area contributed by atoms with Gasteiger partial charge in [0.15, 0.2) is 0 Å². The lowest BCUT2D eigenvalue weighted by atomic mass is 9.58. The van der Waals surface area contributed by atoms with Gasteiger partial charge in [-0.05, 0) is 92.7 Å². The zero-order chi connectivity index (χ0) is 24.0. The number of fused-ring (bicyclic) bond motifs is 4. The molecule has 0 amide bonds. The maximum absolute atomic E-state index is 6.88. The Hall–Kier alpha value is -2.04. The molecule has 2 aliphatic heterocycles. The molecular formula is C31H43N3O. The molecule has 188 valence electrons. The summed E-state index contributed by atoms with van der Waals surface area (Å²) < 4.78 is 6.88. The number of piperidine rings is 2. The summed E-state index contributed by atoms with van der Waals surface area (Å²) in [6, 6.07) is 16.7. The molecule has 6 atom stereocenters. The standard InChI is InChI=1S/C29H37N3O.C2H6/c1-19-5-11-23-20(17-19)6-12-24-25-13-14-27-29(25,30-27)18-26(28(23)24)33-22-9-7-21(8-10-22)31-32-15-3-2-4-16-32;1-2/h5,7-11,17,24-28,30-31H,2-4,6,12-16,18H2,1H3;1-2H3. The van der Waals surface area contributed by atoms with E-state index in [9.17, 15) is 0 Å². The van der Waals surface area contributed by atoms with Crippen molar-refractivity contribution in [1.82, 2.24) is 10.3 Å². The predicted molar refractivity (Wildman–Crippen MR) is 144 cm³/mol. The number of benzene rings is 2. The highest BCUT2D eigenvalue weighted by Gasteiger charge is 2.69. The van der Waals surface area contributed by atoms with Crippen LogP contribution in [-0.2, 0) is 6.42 Å². The summed E-state index contributed by atoms with van der Waals surface area (Å²) in [5.74, 6) is 3.13. The molecule has 2 N–H and O–H groups in total. The fourth-order valence-electron chi connectivity index (χ4n) is 8.01. The van der Waals surface area contributed by atoms with Gasteiger partial charge in [-0.25, -0.2) is 5.01 Å². The molecule has 2 saturated heterocycles. The molecule has 1 spiro atoms. The van der Waals surface area contributed by atoms with Crippen molar-refractivity contribution in [3.8, 4) is 5.75 Å². The van der Waals surface area contributed by atoms with Crippen LogP contribution in [0.1, 0.15) is 81.4 Å². The van der Waals surface area contributed by atoms with Crippen LogP contribution in [0.5, 0.6) is 5.75 Å². The van der Waals surface area contributed by atoms with Gasteiger partial charge in [-0.1, -0.05) is 44.0 Å². The van der Waals surface area contributed by atoms with E-state index in [1.54, 1.807) is 11.1 Å². The minimum Gasteiger partial charge on any atom is -0.490 e. The highest BCUT2D eigenvalue weighted by Crippen LogP contribution is 2.62. The molecule has 0 radical (unpaired) electrons. The highest BCUT2D eigenvalue weighted by molar-refractivity contribution is 5.46. The maximum atomic E-state index is 6.88. The first-order chi connectivity index (χ1) is 17.2. The monoisotopic (exact) mass is 473 g/mol. The average molecular weight is 474 g/mol. The van der Waals surface area contributed by atoms with Crippen molar-refractivity contribution < 1.29 is 4.74 Å². The number of nitrogens with one attached hydrogen (secondary N) is 2. The lowest BCUT2D eigenvalue weighted by Crippen LogP contribution is -2.50. The third kappa shape index (κ3) is 4.17. The number of hydrogen-bond acceptors (Lipinski definition) is 4. The van der Waals surface area contributed by atoms with Crippen LogP contribution in [-0.4, -0.2) is 35.8 Å². The van der Waals surface area contributed by atoms with E-state index in [2.05, 4.69) is 65.1 Å². The second-order valence-electron chi connectivity index (χ2n) is 11.4. The van der Waals surface area contributed by atoms with Gasteiger partial charge in [-0.15, -0.1) is 0 Å². The third-order valence-electron chi connectivity index (χ3n) is 9.52. The number of nitrogens with zero attached hydrogens (tertiary/aromatic N) is 1. The van der Waals surface area contributed by atoms with Crippen LogP contribution >= 0.6 is 0 Å². The molecule has 0 bridgehead atoms. The van der Waals surface area contributed by atoms with Crippen LogP contribution in [0.25, 0.3) is 0 Å². The summed E-state index contributed by atoms with van der Waals surface area (Å²) in [5, 5.41) is 6.28. The van der Waals surface area contributed by atoms with E-state index >= 15 is 0 Å². The van der Waals surface area contributed by atoms with E-state index in [1.807, 2.05) is 13.8 Å². The molecule has 4 fully saturated rings. The Kier molecular flexibility index (Phi) is 6.30. The molecule has 7 rings (SSSR count). The summed E-state index contributed by atoms with van der Waals surface area (Å²) in [4.78, 5) is 0. The van der Waals surface area contributed by atoms with Gasteiger partial charge >= 0.3 is 0 Å². The molecule has 2 aromatic rings. The van der Waals surface area contributed by atoms with Gasteiger partial charge in [0.1, 0.15) is 11.9 Å². The average Bonchev–Trinajstić information content (AvgIpc) is 3.46. The van der Waals surface area contributed by atoms with E-state index < -0.39 is 0 Å². The molecule has 35 heavy (non-hydrogen) atoms. The number of hydrazine groups is 1. The zero-order valence-electron chi connectivity index (χ0n) is 21.9. The van der Waals surface area contributed by atoms with Gasteiger partial charge in [0, 0.05) is 42.7 Å². The van der Waals surface area contributed by atoms with E-state index in [0.29, 0.717) is 11.5 Å². The summed E-state index contributed by atoms with van der Waals surface area (Å²) in [6.45, 7) is 8.50. The fourth-order valence-corrected chi connectivity index (χ4v) is 8.01. The van der Waals surface area contributed by atoms with Crippen molar-refractivity contribution in [2.45, 2.75) is 95.7 Å². The number of anilines is 1. The molecule has 0 aromatic heterocycles. The van der Waals surface area contributed by atoms with Crippen LogP contribution in [0.2, 0.25) is 0 Å². The second kappa shape index (κ2) is 9.44. The second-order valence-corrected chi connectivity index (χ2v) is 11.4. The van der Waals surface area contributed by atoms with E-state index in [1.165, 1.54) is 56.2 Å². The molecule has 6 unspecified atom stereocenters. The van der Waals surface area contributed by atoms with Crippen molar-refractivity contribution in [3.63, 3.8) is 0 Å². The Morgan fingerprint density at radius 2 is 1.77 bits per heavy atom. The van der Waals surface area contributed by atoms with Crippen LogP contribution in [0.4, 0.5) is 5.69 Å². The smallest absolute Gasteiger partial charge is 0.119 e. The van der Waals surface area contributed by atoms with Crippen molar-refractivity contribution in [3.05, 3.63) is 59.2 Å². The van der Waals surface area contributed by atoms with Crippen LogP contribution in [0.3, 0.4) is 0 Å². The number of hydrogen-bond donors (Lipinski definition) is 2. The van der Waals surface area contributed by atoms with Gasteiger partial charge in [0.05, 0.1) is 0 Å². The summed E-state index contributed by atoms with van der Waals surface area (Å²) in [6.07, 6.45) is 10.7. The number of rotatable bonds is 4. The first-order valence-electron chi connectivity index (χ1n) is 14.4. The van der Waals surface area contributed by atoms with Gasteiger partial charge in [-0.3, -0.25) is 0 Å². The molecule has 5 aliphatic rings. The van der Waals surface area contributed by atoms with Gasteiger partial charge in [0.2, 0.25) is 0 Å². The van der Waals surface area contributed by atoms with E-state index in [-0.39, 0.29) is 6.10 Å². The van der Waals surface area contributed by atoms with Crippen molar-refractivity contribution in [1.29, 1.82) is 0 Å². The Balaban J connectivity index is 0.00000112. The minimum atomic E-state index is 0.254. The summed E-state index contributed by atoms with van der Waals surface area (Å²) in [5.41, 5.74) is 9.65. The zero-order valence-corrected chi connectivity index (χ0v) is 21.9. The van der Waals surface area contributed by atoms with Gasteiger partial charge < -0.3 is 15.5 Å². The molecule has 2 heterocycles. The molecule has 2 aromatic carbocycles. The lowest BCUT2D eigenvalue weighted by Gasteiger charge is -2.49. The molecule has 3 aliphatic carbocycles. The number of ether oxygens (including phenoxy) is 1. The van der Waals surface area contributed by atoms with Gasteiger partial charge in [0.25, 0.3) is 0 Å². The van der Waals surface area contributed by atoms with Crippen molar-refractivity contribution in [2.75, 3.05) is 18.5 Å². The minimum absolute atomic E-state index is 0.254. The Bertz CT molecular complexity index is 1030. The summed E-state index contributed by atoms with van der Waals surface area (Å²) in [7, 11) is 0. The number of aryl methyl sites for hydroxylation is 2. The Morgan fingerprint density at radius 1 is 0.971 bits per heavy atom. The third-order valence-corrected chi connectivity index (χ3v) is 9.52. The summed E-state index contributed by atoms with van der Waals surface area (Å²) >= 11 is 0. The highest BCUT2D eigenvalue weighted by atomic mass is 16.5. The Morgan fingerprint density at radius 3 is 2.54 bits per heavy atom. The molecule has 4 nitrogen and oxygen atoms in total.